The Morgan fingerprint density at radius 2 is 1.67 bits per heavy atom. The van der Waals surface area contributed by atoms with Gasteiger partial charge in [-0.1, -0.05) is 91.9 Å². The molecule has 0 aliphatic rings. The second-order valence-electron chi connectivity index (χ2n) is 8.34. The van der Waals surface area contributed by atoms with E-state index in [4.69, 9.17) is 0 Å². The first-order valence-electron chi connectivity index (χ1n) is 11.8. The number of allylic oxidation sites excluding steroid dienone is 1. The van der Waals surface area contributed by atoms with Gasteiger partial charge < -0.3 is 0 Å². The Bertz CT molecular complexity index is 1470. The maximum Gasteiger partial charge on any atom is 0.218 e. The lowest BCUT2D eigenvalue weighted by atomic mass is 9.98. The van der Waals surface area contributed by atoms with Gasteiger partial charge in [-0.25, -0.2) is 14.8 Å². The number of carbonyl (C=O) groups excluding carboxylic acids is 1. The number of H-pyrrole nitrogens is 1. The number of rotatable bonds is 9. The highest BCUT2D eigenvalue weighted by Crippen LogP contribution is 2.29. The largest absolute Gasteiger partial charge is 0.290 e. The van der Waals surface area contributed by atoms with E-state index in [1.165, 1.54) is 0 Å². The van der Waals surface area contributed by atoms with Gasteiger partial charge in [0.1, 0.15) is 0 Å². The molecule has 0 bridgehead atoms. The molecule has 0 fully saturated rings. The Balaban J connectivity index is 1.39. The summed E-state index contributed by atoms with van der Waals surface area (Å²) in [6, 6.07) is 25.9. The quantitative estimate of drug-likeness (QED) is 0.300. The number of hydrogen-bond donors (Lipinski definition) is 1. The predicted octanol–water partition coefficient (Wildman–Crippen LogP) is 5.02. The summed E-state index contributed by atoms with van der Waals surface area (Å²) >= 11 is 0. The molecule has 2 aromatic heterocycles. The van der Waals surface area contributed by atoms with E-state index in [0.29, 0.717) is 18.2 Å². The topological polar surface area (TPSA) is 102 Å². The van der Waals surface area contributed by atoms with Gasteiger partial charge in [0.15, 0.2) is 11.6 Å². The Kier molecular flexibility index (Phi) is 6.84. The van der Waals surface area contributed by atoms with Crippen molar-refractivity contribution in [2.45, 2.75) is 26.3 Å². The second kappa shape index (κ2) is 10.7. The number of Topliss-reactive ketones (excluding diaryl/α,β-unsaturated/α-hetero) is 1. The maximum absolute atomic E-state index is 12.9. The Labute approximate surface area is 208 Å². The SMILES string of the molecule is CC/C=C/c1nc(C(=O)Cc2ccccc2)nn1Cc1ccc(-c2ccccc2-c2nnn[nH]2)cc1. The van der Waals surface area contributed by atoms with E-state index >= 15 is 0 Å². The molecule has 178 valence electrons. The summed E-state index contributed by atoms with van der Waals surface area (Å²) in [6.07, 6.45) is 5.08. The van der Waals surface area contributed by atoms with Gasteiger partial charge in [0, 0.05) is 12.0 Å². The van der Waals surface area contributed by atoms with Crippen LogP contribution in [-0.4, -0.2) is 41.2 Å². The van der Waals surface area contributed by atoms with E-state index in [2.05, 4.69) is 61.9 Å². The second-order valence-corrected chi connectivity index (χ2v) is 8.34. The number of benzene rings is 3. The molecule has 0 amide bonds. The summed E-state index contributed by atoms with van der Waals surface area (Å²) in [5.41, 5.74) is 5.01. The molecule has 36 heavy (non-hydrogen) atoms. The zero-order valence-corrected chi connectivity index (χ0v) is 19.9. The minimum absolute atomic E-state index is 0.0973. The van der Waals surface area contributed by atoms with Crippen molar-refractivity contribution in [1.82, 2.24) is 35.4 Å². The van der Waals surface area contributed by atoms with Gasteiger partial charge in [-0.05, 0) is 45.2 Å². The third-order valence-electron chi connectivity index (χ3n) is 5.78. The molecule has 2 heterocycles. The minimum Gasteiger partial charge on any atom is -0.290 e. The fourth-order valence-corrected chi connectivity index (χ4v) is 3.97. The van der Waals surface area contributed by atoms with Crippen molar-refractivity contribution in [3.8, 4) is 22.5 Å². The molecular formula is C28H25N7O. The third-order valence-corrected chi connectivity index (χ3v) is 5.78. The van der Waals surface area contributed by atoms with Gasteiger partial charge in [0.25, 0.3) is 0 Å². The molecule has 0 atom stereocenters. The lowest BCUT2D eigenvalue weighted by molar-refractivity contribution is 0.0983. The van der Waals surface area contributed by atoms with Crippen LogP contribution < -0.4 is 0 Å². The highest BCUT2D eigenvalue weighted by atomic mass is 16.1. The summed E-state index contributed by atoms with van der Waals surface area (Å²) in [7, 11) is 0. The van der Waals surface area contributed by atoms with E-state index in [-0.39, 0.29) is 18.0 Å². The van der Waals surface area contributed by atoms with Crippen molar-refractivity contribution >= 4 is 11.9 Å². The van der Waals surface area contributed by atoms with Crippen LogP contribution in [0.15, 0.2) is 84.9 Å². The van der Waals surface area contributed by atoms with Crippen molar-refractivity contribution in [2.24, 2.45) is 0 Å². The number of aromatic amines is 1. The van der Waals surface area contributed by atoms with Gasteiger partial charge >= 0.3 is 0 Å². The summed E-state index contributed by atoms with van der Waals surface area (Å²) in [5.74, 6) is 1.43. The van der Waals surface area contributed by atoms with Crippen LogP contribution >= 0.6 is 0 Å². The summed E-state index contributed by atoms with van der Waals surface area (Å²) in [5, 5.41) is 18.8. The van der Waals surface area contributed by atoms with Gasteiger partial charge in [0.05, 0.1) is 6.54 Å². The fourth-order valence-electron chi connectivity index (χ4n) is 3.97. The molecule has 8 heteroatoms. The first-order chi connectivity index (χ1) is 17.7. The Hall–Kier alpha value is -4.72. The van der Waals surface area contributed by atoms with E-state index in [9.17, 15) is 4.79 Å². The third kappa shape index (κ3) is 5.17. The zero-order valence-electron chi connectivity index (χ0n) is 19.9. The normalized spacial score (nSPS) is 11.2. The van der Waals surface area contributed by atoms with E-state index in [0.717, 1.165) is 34.2 Å². The number of hydrogen-bond acceptors (Lipinski definition) is 6. The monoisotopic (exact) mass is 475 g/mol. The molecule has 5 aromatic rings. The van der Waals surface area contributed by atoms with Crippen LogP contribution in [0.25, 0.3) is 28.6 Å². The molecule has 0 aliphatic heterocycles. The number of carbonyl (C=O) groups is 1. The van der Waals surface area contributed by atoms with Crippen molar-refractivity contribution < 1.29 is 4.79 Å². The molecule has 1 N–H and O–H groups in total. The number of nitrogens with zero attached hydrogens (tertiary/aromatic N) is 6. The lowest BCUT2D eigenvalue weighted by Crippen LogP contribution is -2.08. The van der Waals surface area contributed by atoms with Gasteiger partial charge in [-0.15, -0.1) is 10.2 Å². The van der Waals surface area contributed by atoms with Crippen molar-refractivity contribution in [2.75, 3.05) is 0 Å². The van der Waals surface area contributed by atoms with E-state index < -0.39 is 0 Å². The fraction of sp³-hybridized carbons (Fsp3) is 0.143. The Morgan fingerprint density at radius 1 is 0.917 bits per heavy atom. The van der Waals surface area contributed by atoms with E-state index in [1.54, 1.807) is 4.68 Å². The average Bonchev–Trinajstić information content (AvgIpc) is 3.59. The van der Waals surface area contributed by atoms with Gasteiger partial charge in [0.2, 0.25) is 11.6 Å². The van der Waals surface area contributed by atoms with Gasteiger partial charge in [-0.2, -0.15) is 0 Å². The molecule has 5 rings (SSSR count). The molecule has 0 saturated carbocycles. The molecule has 0 unspecified atom stereocenters. The molecular weight excluding hydrogens is 450 g/mol. The smallest absolute Gasteiger partial charge is 0.218 e. The number of ketones is 1. The number of nitrogens with one attached hydrogen (secondary N) is 1. The summed E-state index contributed by atoms with van der Waals surface area (Å²) in [6.45, 7) is 2.56. The standard InChI is InChI=1S/C28H25N7O/c1-2-3-13-26-29-28(25(36)18-20-9-5-4-6-10-20)32-35(26)19-21-14-16-22(17-15-21)23-11-7-8-12-24(23)27-30-33-34-31-27/h3-17H,2,18-19H2,1H3,(H,30,31,33,34)/b13-3+. The number of tetrazole rings is 1. The van der Waals surface area contributed by atoms with Crippen LogP contribution in [0.5, 0.6) is 0 Å². The van der Waals surface area contributed by atoms with Gasteiger partial charge in [-0.3, -0.25) is 4.79 Å². The van der Waals surface area contributed by atoms with E-state index in [1.807, 2.05) is 66.7 Å². The molecule has 3 aromatic carbocycles. The zero-order chi connectivity index (χ0) is 24.7. The highest BCUT2D eigenvalue weighted by Gasteiger charge is 2.16. The van der Waals surface area contributed by atoms with Crippen LogP contribution in [0.4, 0.5) is 0 Å². The molecule has 0 aliphatic carbocycles. The van der Waals surface area contributed by atoms with Crippen molar-refractivity contribution in [3.05, 3.63) is 108 Å². The van der Waals surface area contributed by atoms with Crippen LogP contribution in [0, 0.1) is 0 Å². The predicted molar refractivity (Wildman–Crippen MR) is 138 cm³/mol. The van der Waals surface area contributed by atoms with Crippen LogP contribution in [0.2, 0.25) is 0 Å². The van der Waals surface area contributed by atoms with Crippen LogP contribution in [0.1, 0.15) is 40.9 Å². The molecule has 0 radical (unpaired) electrons. The van der Waals surface area contributed by atoms with Crippen molar-refractivity contribution in [3.63, 3.8) is 0 Å². The number of aromatic nitrogens is 7. The first kappa shape index (κ1) is 23.0. The van der Waals surface area contributed by atoms with Crippen LogP contribution in [-0.2, 0) is 13.0 Å². The molecule has 0 spiro atoms. The molecule has 8 nitrogen and oxygen atoms in total. The van der Waals surface area contributed by atoms with Crippen molar-refractivity contribution in [1.29, 1.82) is 0 Å². The highest BCUT2D eigenvalue weighted by molar-refractivity contribution is 5.94. The van der Waals surface area contributed by atoms with Crippen LogP contribution in [0.3, 0.4) is 0 Å². The minimum atomic E-state index is -0.0973. The average molecular weight is 476 g/mol. The maximum atomic E-state index is 12.9. The first-order valence-corrected chi connectivity index (χ1v) is 11.8. The lowest BCUT2D eigenvalue weighted by Gasteiger charge is -2.09. The Morgan fingerprint density at radius 3 is 2.39 bits per heavy atom. The summed E-state index contributed by atoms with van der Waals surface area (Å²) in [4.78, 5) is 17.4. The summed E-state index contributed by atoms with van der Waals surface area (Å²) < 4.78 is 1.79. The molecule has 0 saturated heterocycles.